The molecular weight excluding hydrogens is 503 g/mol. The van der Waals surface area contributed by atoms with Gasteiger partial charge in [0.2, 0.25) is 5.91 Å². The summed E-state index contributed by atoms with van der Waals surface area (Å²) in [6.07, 6.45) is 6.45. The number of benzene rings is 1. The number of ether oxygens (including phenoxy) is 1. The fourth-order valence-electron chi connectivity index (χ4n) is 4.24. The molecular formula is C24H39IN4O2. The Labute approximate surface area is 204 Å². The van der Waals surface area contributed by atoms with Crippen molar-refractivity contribution in [3.8, 4) is 5.75 Å². The van der Waals surface area contributed by atoms with Gasteiger partial charge in [0.25, 0.3) is 0 Å². The normalized spacial score (nSPS) is 19.4. The van der Waals surface area contributed by atoms with Gasteiger partial charge in [0.05, 0.1) is 6.61 Å². The lowest BCUT2D eigenvalue weighted by atomic mass is 10.1. The molecule has 174 valence electrons. The van der Waals surface area contributed by atoms with Crippen molar-refractivity contribution in [2.75, 3.05) is 33.3 Å². The molecule has 1 atom stereocenters. The Bertz CT molecular complexity index is 702. The number of carbonyl (C=O) groups excluding carboxylic acids is 1. The maximum atomic E-state index is 12.6. The minimum absolute atomic E-state index is 0. The van der Waals surface area contributed by atoms with Crippen molar-refractivity contribution in [3.05, 3.63) is 29.8 Å². The van der Waals surface area contributed by atoms with Crippen LogP contribution in [0.4, 0.5) is 0 Å². The molecule has 2 N–H and O–H groups in total. The van der Waals surface area contributed by atoms with Crippen molar-refractivity contribution in [2.24, 2.45) is 16.8 Å². The second-order valence-corrected chi connectivity index (χ2v) is 8.99. The Kier molecular flexibility index (Phi) is 10.9. The van der Waals surface area contributed by atoms with Crippen LogP contribution in [0.1, 0.15) is 51.5 Å². The largest absolute Gasteiger partial charge is 0.493 e. The highest BCUT2D eigenvalue weighted by atomic mass is 127. The third-order valence-corrected chi connectivity index (χ3v) is 5.98. The molecule has 2 aliphatic rings. The molecule has 1 heterocycles. The second kappa shape index (κ2) is 13.1. The number of likely N-dealkylation sites (tertiary alicyclic amines) is 1. The first-order valence-electron chi connectivity index (χ1n) is 11.5. The zero-order valence-corrected chi connectivity index (χ0v) is 21.6. The smallest absolute Gasteiger partial charge is 0.225 e. The number of rotatable bonds is 8. The number of nitrogens with zero attached hydrogens (tertiary/aromatic N) is 2. The molecule has 1 amide bonds. The van der Waals surface area contributed by atoms with Crippen LogP contribution < -0.4 is 15.4 Å². The lowest BCUT2D eigenvalue weighted by molar-refractivity contribution is -0.134. The summed E-state index contributed by atoms with van der Waals surface area (Å²) in [6.45, 7) is 7.50. The summed E-state index contributed by atoms with van der Waals surface area (Å²) in [7, 11) is 1.80. The number of amides is 1. The van der Waals surface area contributed by atoms with Gasteiger partial charge in [-0.05, 0) is 49.3 Å². The average Bonchev–Trinajstić information content (AvgIpc) is 3.44. The lowest BCUT2D eigenvalue weighted by Gasteiger charge is -2.21. The van der Waals surface area contributed by atoms with Crippen molar-refractivity contribution in [3.63, 3.8) is 0 Å². The summed E-state index contributed by atoms with van der Waals surface area (Å²) in [4.78, 5) is 19.0. The number of carbonyl (C=O) groups is 1. The maximum absolute atomic E-state index is 12.6. The predicted molar refractivity (Wildman–Crippen MR) is 137 cm³/mol. The standard InChI is InChI=1S/C24H38N4O2.HI/c1-18(2)17-30-22-10-8-19(9-11-22)12-14-26-24(25-3)27-21-13-15-28(16-21)23(29)20-6-4-5-7-20;/h8-11,18,20-21H,4-7,12-17H2,1-3H3,(H2,25,26,27);1H. The van der Waals surface area contributed by atoms with Gasteiger partial charge in [-0.15, -0.1) is 24.0 Å². The molecule has 1 unspecified atom stereocenters. The Balaban J connectivity index is 0.00000341. The lowest BCUT2D eigenvalue weighted by Crippen LogP contribution is -2.45. The minimum atomic E-state index is 0. The third kappa shape index (κ3) is 8.16. The van der Waals surface area contributed by atoms with E-state index in [9.17, 15) is 4.79 Å². The quantitative estimate of drug-likeness (QED) is 0.298. The van der Waals surface area contributed by atoms with E-state index in [0.29, 0.717) is 11.8 Å². The maximum Gasteiger partial charge on any atom is 0.225 e. The van der Waals surface area contributed by atoms with Crippen LogP contribution in [-0.2, 0) is 11.2 Å². The number of hydrogen-bond acceptors (Lipinski definition) is 3. The number of aliphatic imine (C=N–C) groups is 1. The van der Waals surface area contributed by atoms with E-state index < -0.39 is 0 Å². The summed E-state index contributed by atoms with van der Waals surface area (Å²) in [6, 6.07) is 8.60. The zero-order chi connectivity index (χ0) is 21.3. The molecule has 0 spiro atoms. The Morgan fingerprint density at radius 3 is 2.55 bits per heavy atom. The van der Waals surface area contributed by atoms with Crippen molar-refractivity contribution in [1.29, 1.82) is 0 Å². The highest BCUT2D eigenvalue weighted by Crippen LogP contribution is 2.27. The van der Waals surface area contributed by atoms with Crippen molar-refractivity contribution < 1.29 is 9.53 Å². The van der Waals surface area contributed by atoms with Crippen molar-refractivity contribution >= 4 is 35.8 Å². The molecule has 1 aromatic carbocycles. The van der Waals surface area contributed by atoms with E-state index >= 15 is 0 Å². The van der Waals surface area contributed by atoms with E-state index in [1.807, 2.05) is 17.0 Å². The van der Waals surface area contributed by atoms with E-state index in [1.165, 1.54) is 18.4 Å². The van der Waals surface area contributed by atoms with Gasteiger partial charge < -0.3 is 20.3 Å². The van der Waals surface area contributed by atoms with Crippen LogP contribution >= 0.6 is 24.0 Å². The van der Waals surface area contributed by atoms with Gasteiger partial charge >= 0.3 is 0 Å². The number of guanidine groups is 1. The molecule has 2 fully saturated rings. The number of nitrogens with one attached hydrogen (secondary N) is 2. The van der Waals surface area contributed by atoms with E-state index in [2.05, 4.69) is 41.6 Å². The Morgan fingerprint density at radius 1 is 1.19 bits per heavy atom. The van der Waals surface area contributed by atoms with Gasteiger partial charge in [0.1, 0.15) is 5.75 Å². The summed E-state index contributed by atoms with van der Waals surface area (Å²) in [5.41, 5.74) is 1.27. The summed E-state index contributed by atoms with van der Waals surface area (Å²) < 4.78 is 5.74. The molecule has 1 saturated carbocycles. The monoisotopic (exact) mass is 542 g/mol. The number of hydrogen-bond donors (Lipinski definition) is 2. The van der Waals surface area contributed by atoms with E-state index in [0.717, 1.165) is 63.6 Å². The van der Waals surface area contributed by atoms with Gasteiger partial charge in [0.15, 0.2) is 5.96 Å². The molecule has 6 nitrogen and oxygen atoms in total. The van der Waals surface area contributed by atoms with Gasteiger partial charge in [-0.25, -0.2) is 0 Å². The average molecular weight is 543 g/mol. The molecule has 31 heavy (non-hydrogen) atoms. The Hall–Kier alpha value is -1.51. The van der Waals surface area contributed by atoms with Gasteiger partial charge in [0, 0.05) is 38.6 Å². The molecule has 0 aromatic heterocycles. The molecule has 1 aromatic rings. The second-order valence-electron chi connectivity index (χ2n) is 8.99. The van der Waals surface area contributed by atoms with E-state index in [4.69, 9.17) is 4.74 Å². The van der Waals surface area contributed by atoms with Crippen LogP contribution in [0, 0.1) is 11.8 Å². The van der Waals surface area contributed by atoms with Crippen molar-refractivity contribution in [2.45, 2.75) is 58.4 Å². The molecule has 0 radical (unpaired) electrons. The van der Waals surface area contributed by atoms with E-state index in [1.54, 1.807) is 7.05 Å². The van der Waals surface area contributed by atoms with Crippen molar-refractivity contribution in [1.82, 2.24) is 15.5 Å². The minimum Gasteiger partial charge on any atom is -0.493 e. The van der Waals surface area contributed by atoms with Crippen LogP contribution in [-0.4, -0.2) is 56.1 Å². The van der Waals surface area contributed by atoms with E-state index in [-0.39, 0.29) is 35.9 Å². The first kappa shape index (κ1) is 25.7. The predicted octanol–water partition coefficient (Wildman–Crippen LogP) is 3.84. The third-order valence-electron chi connectivity index (χ3n) is 5.98. The van der Waals surface area contributed by atoms with Gasteiger partial charge in [-0.1, -0.05) is 38.8 Å². The Morgan fingerprint density at radius 2 is 1.90 bits per heavy atom. The first-order chi connectivity index (χ1) is 14.5. The van der Waals surface area contributed by atoms with Gasteiger partial charge in [-0.2, -0.15) is 0 Å². The van der Waals surface area contributed by atoms with Crippen LogP contribution in [0.2, 0.25) is 0 Å². The molecule has 3 rings (SSSR count). The highest BCUT2D eigenvalue weighted by molar-refractivity contribution is 14.0. The van der Waals surface area contributed by atoms with Crippen LogP contribution in [0.15, 0.2) is 29.3 Å². The fraction of sp³-hybridized carbons (Fsp3) is 0.667. The topological polar surface area (TPSA) is 66.0 Å². The highest BCUT2D eigenvalue weighted by Gasteiger charge is 2.32. The van der Waals surface area contributed by atoms with Crippen LogP contribution in [0.3, 0.4) is 0 Å². The molecule has 7 heteroatoms. The fourth-order valence-corrected chi connectivity index (χ4v) is 4.24. The molecule has 1 aliphatic heterocycles. The summed E-state index contributed by atoms with van der Waals surface area (Å²) >= 11 is 0. The molecule has 0 bridgehead atoms. The summed E-state index contributed by atoms with van der Waals surface area (Å²) in [5, 5.41) is 6.89. The molecule has 1 saturated heterocycles. The number of halogens is 1. The SMILES string of the molecule is CN=C(NCCc1ccc(OCC(C)C)cc1)NC1CCN(C(=O)C2CCCC2)C1.I. The van der Waals surface area contributed by atoms with Crippen LogP contribution in [0.25, 0.3) is 0 Å². The molecule has 1 aliphatic carbocycles. The summed E-state index contributed by atoms with van der Waals surface area (Å²) in [5.74, 6) is 2.90. The zero-order valence-electron chi connectivity index (χ0n) is 19.2. The van der Waals surface area contributed by atoms with Crippen LogP contribution in [0.5, 0.6) is 5.75 Å². The first-order valence-corrected chi connectivity index (χ1v) is 11.5. The van der Waals surface area contributed by atoms with Gasteiger partial charge in [-0.3, -0.25) is 9.79 Å².